The first-order chi connectivity index (χ1) is 13.7. The lowest BCUT2D eigenvalue weighted by Gasteiger charge is -2.26. The van der Waals surface area contributed by atoms with Gasteiger partial charge >= 0.3 is 0 Å². The normalized spacial score (nSPS) is 26.2. The zero-order chi connectivity index (χ0) is 19.4. The fraction of sp³-hybridized carbons (Fsp3) is 0.652. The first kappa shape index (κ1) is 19.4. The van der Waals surface area contributed by atoms with Gasteiger partial charge in [-0.15, -0.1) is 0 Å². The molecule has 5 heteroatoms. The number of carbonyl (C=O) groups excluding carboxylic acids is 2. The maximum Gasteiger partial charge on any atom is 0.236 e. The Labute approximate surface area is 168 Å². The fourth-order valence-electron chi connectivity index (χ4n) is 5.10. The number of likely N-dealkylation sites (tertiary alicyclic amines) is 3. The number of benzene rings is 1. The third-order valence-electron chi connectivity index (χ3n) is 6.86. The molecule has 3 aliphatic heterocycles. The standard InChI is InChI=1S/C23H33N3O2/c27-21(25-13-6-1-2-7-14-25)18-24-16-11-23(19-24)12-17-26(22(23)28)15-10-20-8-4-3-5-9-20/h3-5,8-9H,1-2,6-7,10-19H2. The molecule has 1 unspecified atom stereocenters. The van der Waals surface area contributed by atoms with Crippen LogP contribution in [0.3, 0.4) is 0 Å². The summed E-state index contributed by atoms with van der Waals surface area (Å²) in [6.45, 7) is 5.59. The van der Waals surface area contributed by atoms with Gasteiger partial charge in [-0.2, -0.15) is 0 Å². The van der Waals surface area contributed by atoms with Gasteiger partial charge in [0.25, 0.3) is 0 Å². The molecule has 1 atom stereocenters. The van der Waals surface area contributed by atoms with E-state index in [-0.39, 0.29) is 11.3 Å². The average molecular weight is 384 g/mol. The van der Waals surface area contributed by atoms with Crippen molar-refractivity contribution in [1.29, 1.82) is 0 Å². The lowest BCUT2D eigenvalue weighted by molar-refractivity contribution is -0.136. The first-order valence-corrected chi connectivity index (χ1v) is 11.0. The molecular formula is C23H33N3O2. The van der Waals surface area contributed by atoms with Crippen LogP contribution in [0.4, 0.5) is 0 Å². The van der Waals surface area contributed by atoms with Crippen LogP contribution in [0.15, 0.2) is 30.3 Å². The van der Waals surface area contributed by atoms with Crippen LogP contribution in [-0.2, 0) is 16.0 Å². The van der Waals surface area contributed by atoms with Crippen LogP contribution < -0.4 is 0 Å². The molecule has 4 rings (SSSR count). The molecule has 0 aliphatic carbocycles. The van der Waals surface area contributed by atoms with Crippen LogP contribution >= 0.6 is 0 Å². The minimum absolute atomic E-state index is 0.240. The summed E-state index contributed by atoms with van der Waals surface area (Å²) < 4.78 is 0. The number of rotatable bonds is 5. The largest absolute Gasteiger partial charge is 0.342 e. The van der Waals surface area contributed by atoms with Gasteiger partial charge in [-0.3, -0.25) is 14.5 Å². The number of hydrogen-bond acceptors (Lipinski definition) is 3. The van der Waals surface area contributed by atoms with Crippen molar-refractivity contribution in [1.82, 2.24) is 14.7 Å². The van der Waals surface area contributed by atoms with E-state index in [1.54, 1.807) is 0 Å². The minimum atomic E-state index is -0.240. The van der Waals surface area contributed by atoms with Crippen LogP contribution in [0.1, 0.15) is 44.1 Å². The molecule has 1 spiro atoms. The van der Waals surface area contributed by atoms with Gasteiger partial charge in [-0.1, -0.05) is 43.2 Å². The van der Waals surface area contributed by atoms with Gasteiger partial charge in [0.05, 0.1) is 12.0 Å². The SMILES string of the molecule is O=C(CN1CCC2(CCN(CCc3ccccc3)C2=O)C1)N1CCCCCC1. The van der Waals surface area contributed by atoms with Crippen molar-refractivity contribution in [2.24, 2.45) is 5.41 Å². The highest BCUT2D eigenvalue weighted by Gasteiger charge is 2.50. The van der Waals surface area contributed by atoms with Crippen molar-refractivity contribution >= 4 is 11.8 Å². The molecule has 28 heavy (non-hydrogen) atoms. The maximum atomic E-state index is 13.1. The van der Waals surface area contributed by atoms with E-state index < -0.39 is 0 Å². The van der Waals surface area contributed by atoms with Gasteiger partial charge in [0, 0.05) is 32.7 Å². The Kier molecular flexibility index (Phi) is 6.00. The molecule has 0 bridgehead atoms. The zero-order valence-corrected chi connectivity index (χ0v) is 16.9. The molecule has 3 fully saturated rings. The monoisotopic (exact) mass is 383 g/mol. The third-order valence-corrected chi connectivity index (χ3v) is 6.86. The molecule has 5 nitrogen and oxygen atoms in total. The Morgan fingerprint density at radius 1 is 0.929 bits per heavy atom. The summed E-state index contributed by atoms with van der Waals surface area (Å²) in [6.07, 6.45) is 7.50. The van der Waals surface area contributed by atoms with E-state index in [1.165, 1.54) is 18.4 Å². The average Bonchev–Trinajstić information content (AvgIpc) is 3.12. The maximum absolute atomic E-state index is 13.1. The molecule has 3 aliphatic rings. The van der Waals surface area contributed by atoms with E-state index in [0.717, 1.165) is 71.4 Å². The quantitative estimate of drug-likeness (QED) is 0.785. The second-order valence-corrected chi connectivity index (χ2v) is 8.81. The van der Waals surface area contributed by atoms with Crippen molar-refractivity contribution in [3.63, 3.8) is 0 Å². The lowest BCUT2D eigenvalue weighted by atomic mass is 9.85. The predicted molar refractivity (Wildman–Crippen MR) is 110 cm³/mol. The molecule has 0 N–H and O–H groups in total. The van der Waals surface area contributed by atoms with Crippen LogP contribution in [0, 0.1) is 5.41 Å². The number of amides is 2. The highest BCUT2D eigenvalue weighted by molar-refractivity contribution is 5.86. The van der Waals surface area contributed by atoms with Crippen LogP contribution in [-0.4, -0.2) is 72.3 Å². The van der Waals surface area contributed by atoms with Gasteiger partial charge < -0.3 is 9.80 Å². The molecule has 3 saturated heterocycles. The van der Waals surface area contributed by atoms with Crippen molar-refractivity contribution in [2.45, 2.75) is 44.9 Å². The Hall–Kier alpha value is -1.88. The molecule has 152 valence electrons. The Morgan fingerprint density at radius 2 is 1.64 bits per heavy atom. The zero-order valence-electron chi connectivity index (χ0n) is 16.9. The van der Waals surface area contributed by atoms with E-state index in [4.69, 9.17) is 0 Å². The van der Waals surface area contributed by atoms with Crippen molar-refractivity contribution in [3.05, 3.63) is 35.9 Å². The summed E-state index contributed by atoms with van der Waals surface area (Å²) in [7, 11) is 0. The van der Waals surface area contributed by atoms with Gasteiger partial charge in [0.2, 0.25) is 11.8 Å². The Morgan fingerprint density at radius 3 is 2.39 bits per heavy atom. The third kappa shape index (κ3) is 4.24. The summed E-state index contributed by atoms with van der Waals surface area (Å²) >= 11 is 0. The number of nitrogens with zero attached hydrogens (tertiary/aromatic N) is 3. The molecule has 1 aromatic rings. The van der Waals surface area contributed by atoms with Crippen LogP contribution in [0.25, 0.3) is 0 Å². The van der Waals surface area contributed by atoms with Gasteiger partial charge in [0.15, 0.2) is 0 Å². The van der Waals surface area contributed by atoms with E-state index in [2.05, 4.69) is 29.2 Å². The molecule has 2 amide bonds. The summed E-state index contributed by atoms with van der Waals surface area (Å²) in [6, 6.07) is 10.4. The predicted octanol–water partition coefficient (Wildman–Crippen LogP) is 2.56. The fourth-order valence-corrected chi connectivity index (χ4v) is 5.10. The smallest absolute Gasteiger partial charge is 0.236 e. The topological polar surface area (TPSA) is 43.9 Å². The van der Waals surface area contributed by atoms with Crippen molar-refractivity contribution in [3.8, 4) is 0 Å². The summed E-state index contributed by atoms with van der Waals surface area (Å²) in [4.78, 5) is 32.2. The summed E-state index contributed by atoms with van der Waals surface area (Å²) in [5.74, 6) is 0.568. The molecule has 0 aromatic heterocycles. The van der Waals surface area contributed by atoms with E-state index >= 15 is 0 Å². The Bertz CT molecular complexity index is 684. The second-order valence-electron chi connectivity index (χ2n) is 8.81. The number of carbonyl (C=O) groups is 2. The van der Waals surface area contributed by atoms with E-state index in [1.807, 2.05) is 15.9 Å². The molecule has 3 heterocycles. The molecule has 1 aromatic carbocycles. The summed E-state index contributed by atoms with van der Waals surface area (Å²) in [5, 5.41) is 0. The summed E-state index contributed by atoms with van der Waals surface area (Å²) in [5.41, 5.74) is 1.04. The second kappa shape index (κ2) is 8.64. The van der Waals surface area contributed by atoms with E-state index in [9.17, 15) is 9.59 Å². The van der Waals surface area contributed by atoms with Gasteiger partial charge in [-0.25, -0.2) is 0 Å². The minimum Gasteiger partial charge on any atom is -0.342 e. The van der Waals surface area contributed by atoms with Crippen molar-refractivity contribution < 1.29 is 9.59 Å². The molecule has 0 saturated carbocycles. The highest BCUT2D eigenvalue weighted by atomic mass is 16.2. The number of hydrogen-bond donors (Lipinski definition) is 0. The molecular weight excluding hydrogens is 350 g/mol. The van der Waals surface area contributed by atoms with Gasteiger partial charge in [0.1, 0.15) is 0 Å². The van der Waals surface area contributed by atoms with Crippen LogP contribution in [0.5, 0.6) is 0 Å². The van der Waals surface area contributed by atoms with Gasteiger partial charge in [-0.05, 0) is 44.2 Å². The lowest BCUT2D eigenvalue weighted by Crippen LogP contribution is -2.42. The van der Waals surface area contributed by atoms with Crippen molar-refractivity contribution in [2.75, 3.05) is 45.8 Å². The van der Waals surface area contributed by atoms with Crippen LogP contribution in [0.2, 0.25) is 0 Å². The highest BCUT2D eigenvalue weighted by Crippen LogP contribution is 2.40. The van der Waals surface area contributed by atoms with E-state index in [0.29, 0.717) is 12.5 Å². The molecule has 0 radical (unpaired) electrons. The Balaban J connectivity index is 1.29. The first-order valence-electron chi connectivity index (χ1n) is 11.0.